The van der Waals surface area contributed by atoms with Crippen molar-refractivity contribution in [2.24, 2.45) is 15.5 Å². The summed E-state index contributed by atoms with van der Waals surface area (Å²) in [5.74, 6) is 6.67. The number of aliphatic imine (C=N–C) groups is 1. The number of amidine groups is 2. The second kappa shape index (κ2) is 23.1. The number of rotatable bonds is 12. The first-order valence-corrected chi connectivity index (χ1v) is 26.0. The molecule has 4 aliphatic heterocycles. The van der Waals surface area contributed by atoms with E-state index in [1.807, 2.05) is 81.8 Å². The zero-order valence-electron chi connectivity index (χ0n) is 42.3. The molecule has 4 aromatic rings. The van der Waals surface area contributed by atoms with Crippen LogP contribution in [0.5, 0.6) is 0 Å². The molecule has 0 bridgehead atoms. The summed E-state index contributed by atoms with van der Waals surface area (Å²) in [5, 5.41) is 17.4. The topological polar surface area (TPSA) is 157 Å². The minimum absolute atomic E-state index is 0.191. The van der Waals surface area contributed by atoms with Gasteiger partial charge in [0.25, 0.3) is 5.82 Å². The fourth-order valence-electron chi connectivity index (χ4n) is 9.83. The van der Waals surface area contributed by atoms with E-state index in [0.717, 1.165) is 76.8 Å². The summed E-state index contributed by atoms with van der Waals surface area (Å²) in [4.78, 5) is 59.3. The number of alkyl halides is 3. The van der Waals surface area contributed by atoms with Gasteiger partial charge in [-0.15, -0.1) is 21.5 Å². The van der Waals surface area contributed by atoms with E-state index in [1.165, 1.54) is 5.56 Å². The molecule has 2 N–H and O–H groups in total. The number of hydrogen-bond acceptors (Lipinski definition) is 11. The highest BCUT2D eigenvalue weighted by atomic mass is 32.1. The van der Waals surface area contributed by atoms with E-state index in [9.17, 15) is 27.6 Å². The van der Waals surface area contributed by atoms with Crippen LogP contribution in [0.15, 0.2) is 88.4 Å². The van der Waals surface area contributed by atoms with Crippen LogP contribution in [-0.4, -0.2) is 140 Å². The van der Waals surface area contributed by atoms with Gasteiger partial charge >= 0.3 is 6.18 Å². The molecule has 19 heteroatoms. The zero-order valence-corrected chi connectivity index (χ0v) is 43.2. The molecule has 2 aromatic heterocycles. The number of thiazole rings is 1. The van der Waals surface area contributed by atoms with Crippen molar-refractivity contribution < 1.29 is 27.6 Å². The predicted octanol–water partition coefficient (Wildman–Crippen LogP) is 7.05. The summed E-state index contributed by atoms with van der Waals surface area (Å²) in [6, 6.07) is 14.9. The predicted molar refractivity (Wildman–Crippen MR) is 278 cm³/mol. The lowest BCUT2D eigenvalue weighted by Crippen LogP contribution is -2.58. The lowest BCUT2D eigenvalue weighted by Gasteiger charge is -2.37. The molecule has 0 unspecified atom stereocenters. The Morgan fingerprint density at radius 2 is 1.66 bits per heavy atom. The summed E-state index contributed by atoms with van der Waals surface area (Å²) in [6.45, 7) is 17.6. The minimum Gasteiger partial charge on any atom is -0.359 e. The molecule has 3 fully saturated rings. The third-order valence-electron chi connectivity index (χ3n) is 14.1. The first-order chi connectivity index (χ1) is 34.9. The molecule has 386 valence electrons. The molecular formula is C54H65F3N12O3S. The van der Waals surface area contributed by atoms with Crippen LogP contribution in [0, 0.1) is 24.2 Å². The fraction of sp³-hybridized carbons (Fsp3) is 0.481. The summed E-state index contributed by atoms with van der Waals surface area (Å²) in [6.07, 6.45) is 3.33. The van der Waals surface area contributed by atoms with Crippen molar-refractivity contribution in [3.63, 3.8) is 0 Å². The first kappa shape index (κ1) is 52.7. The number of nitrogens with zero attached hydrogens (tertiary/aromatic N) is 10. The van der Waals surface area contributed by atoms with Crippen LogP contribution in [0.2, 0.25) is 0 Å². The maximum absolute atomic E-state index is 14.1. The van der Waals surface area contributed by atoms with Gasteiger partial charge in [0.1, 0.15) is 23.8 Å². The molecule has 3 amide bonds. The highest BCUT2D eigenvalue weighted by molar-refractivity contribution is 7.13. The van der Waals surface area contributed by atoms with Gasteiger partial charge in [0.2, 0.25) is 17.7 Å². The average molecular weight is 1020 g/mol. The number of carbonyl (C=O) groups is 3. The van der Waals surface area contributed by atoms with E-state index in [2.05, 4.69) is 81.2 Å². The number of allylic oxidation sites excluding steroid dienone is 2. The molecule has 3 saturated heterocycles. The lowest BCUT2D eigenvalue weighted by atomic mass is 9.85. The average Bonchev–Trinajstić information content (AvgIpc) is 4.17. The number of piperazine rings is 1. The molecule has 0 spiro atoms. The Labute approximate surface area is 429 Å². The van der Waals surface area contributed by atoms with Crippen molar-refractivity contribution in [2.75, 3.05) is 59.4 Å². The van der Waals surface area contributed by atoms with E-state index in [-0.39, 0.29) is 30.0 Å². The largest absolute Gasteiger partial charge is 0.453 e. The highest BCUT2D eigenvalue weighted by Gasteiger charge is 2.42. The van der Waals surface area contributed by atoms with Gasteiger partial charge in [-0.1, -0.05) is 75.6 Å². The number of aromatic nitrogens is 4. The van der Waals surface area contributed by atoms with Crippen molar-refractivity contribution in [2.45, 2.75) is 103 Å². The van der Waals surface area contributed by atoms with E-state index >= 15 is 0 Å². The summed E-state index contributed by atoms with van der Waals surface area (Å²) in [5.41, 5.74) is 7.01. The Balaban J connectivity index is 0.748. The smallest absolute Gasteiger partial charge is 0.359 e. The number of halogens is 3. The second-order valence-corrected chi connectivity index (χ2v) is 21.0. The highest BCUT2D eigenvalue weighted by Crippen LogP contribution is 2.33. The van der Waals surface area contributed by atoms with Gasteiger partial charge < -0.3 is 25.3 Å². The summed E-state index contributed by atoms with van der Waals surface area (Å²) < 4.78 is 41.1. The normalized spacial score (nSPS) is 18.5. The number of benzene rings is 2. The van der Waals surface area contributed by atoms with Crippen LogP contribution < -0.4 is 10.6 Å². The standard InChI is InChI=1S/C54H65F3N12O3S/c1-36(9-11-38-12-16-40(17-13-38)41-23-28-66(29-24-41)46-22-21-45-62-63-52(54(55,56)57)69(45)64-46)10-20-44(58-6)67-32-30-65(31-33-67)27-25-47(70)61-49(53(3,4)5)51(72)68-26-7-8-43(68)50(71)59-34-39-14-18-42(19-15-39)48-37(2)60-35-73-48/h10,12-20,35,41,43,49H,1,7-8,21-34H2,2-6H3,(H,59,71)(H,61,70)/b20-10-,58-44+/t43-,49+/m0/s1. The van der Waals surface area contributed by atoms with Gasteiger partial charge in [0.15, 0.2) is 5.82 Å². The third kappa shape index (κ3) is 13.1. The number of amides is 3. The Hall–Kier alpha value is -6.65. The Kier molecular flexibility index (Phi) is 16.6. The number of aryl methyl sites for hydroxylation is 2. The number of fused-ring (bicyclic) bond motifs is 1. The molecule has 2 aromatic carbocycles. The lowest BCUT2D eigenvalue weighted by molar-refractivity contribution is -0.147. The Bertz CT molecular complexity index is 2780. The monoisotopic (exact) mass is 1020 g/mol. The molecule has 0 radical (unpaired) electrons. The van der Waals surface area contributed by atoms with E-state index < -0.39 is 29.5 Å². The number of likely N-dealkylation sites (tertiary alicyclic amines) is 2. The number of carbonyl (C=O) groups excluding carboxylic acids is 3. The van der Waals surface area contributed by atoms with Crippen LogP contribution in [0.3, 0.4) is 0 Å². The maximum atomic E-state index is 14.1. The van der Waals surface area contributed by atoms with E-state index in [0.29, 0.717) is 75.7 Å². The number of piperidine rings is 1. The summed E-state index contributed by atoms with van der Waals surface area (Å²) in [7, 11) is 1.76. The molecule has 0 aliphatic carbocycles. The van der Waals surface area contributed by atoms with Gasteiger partial charge in [-0.2, -0.15) is 22.9 Å². The first-order valence-electron chi connectivity index (χ1n) is 25.1. The quantitative estimate of drug-likeness (QED) is 0.0657. The fourth-order valence-corrected chi connectivity index (χ4v) is 10.6. The SMILES string of the molecule is C=C(C#Cc1ccc(C2CCN(C3=Nn4c(nnc4C(F)(F)F)CC3)CC2)cc1)/C=C\C(=N/C)N1CCN(CCC(=O)N[C@H](C(=O)N2CCC[C@H]2C(=O)NCc2ccc(-c3scnc3C)cc2)C(C)(C)C)CC1. The molecular weight excluding hydrogens is 954 g/mol. The van der Waals surface area contributed by atoms with E-state index in [4.69, 9.17) is 0 Å². The van der Waals surface area contributed by atoms with E-state index in [1.54, 1.807) is 23.3 Å². The van der Waals surface area contributed by atoms with Gasteiger partial charge in [-0.3, -0.25) is 24.3 Å². The second-order valence-electron chi connectivity index (χ2n) is 20.2. The molecule has 6 heterocycles. The molecule has 15 nitrogen and oxygen atoms in total. The molecule has 2 atom stereocenters. The Morgan fingerprint density at radius 3 is 2.32 bits per heavy atom. The van der Waals surface area contributed by atoms with Crippen molar-refractivity contribution in [3.8, 4) is 22.3 Å². The van der Waals surface area contributed by atoms with Crippen LogP contribution in [0.1, 0.15) is 99.2 Å². The Morgan fingerprint density at radius 1 is 0.932 bits per heavy atom. The number of nitrogens with one attached hydrogen (secondary N) is 2. The van der Waals surface area contributed by atoms with Gasteiger partial charge in [0.05, 0.1) is 16.1 Å². The van der Waals surface area contributed by atoms with Crippen LogP contribution >= 0.6 is 11.3 Å². The third-order valence-corrected chi connectivity index (χ3v) is 15.0. The van der Waals surface area contributed by atoms with Crippen molar-refractivity contribution in [3.05, 3.63) is 112 Å². The van der Waals surface area contributed by atoms with Crippen LogP contribution in [-0.2, 0) is 33.5 Å². The van der Waals surface area contributed by atoms with Crippen molar-refractivity contribution >= 4 is 40.7 Å². The van der Waals surface area contributed by atoms with Crippen LogP contribution in [0.25, 0.3) is 10.4 Å². The van der Waals surface area contributed by atoms with Gasteiger partial charge in [-0.05, 0) is 84.9 Å². The molecule has 73 heavy (non-hydrogen) atoms. The number of hydrogen-bond donors (Lipinski definition) is 2. The van der Waals surface area contributed by atoms with Crippen molar-refractivity contribution in [1.29, 1.82) is 0 Å². The van der Waals surface area contributed by atoms with Gasteiger partial charge in [-0.25, -0.2) is 4.98 Å². The summed E-state index contributed by atoms with van der Waals surface area (Å²) >= 11 is 1.60. The van der Waals surface area contributed by atoms with Crippen molar-refractivity contribution in [1.82, 2.24) is 50.1 Å². The molecule has 8 rings (SSSR count). The minimum atomic E-state index is -4.61. The maximum Gasteiger partial charge on any atom is 0.453 e. The molecule has 4 aliphatic rings. The molecule has 0 saturated carbocycles. The zero-order chi connectivity index (χ0) is 51.9. The van der Waals surface area contributed by atoms with Crippen LogP contribution in [0.4, 0.5) is 13.2 Å². The van der Waals surface area contributed by atoms with Gasteiger partial charge in [0, 0.05) is 96.3 Å².